The first-order chi connectivity index (χ1) is 16.2. The van der Waals surface area contributed by atoms with Gasteiger partial charge in [0.1, 0.15) is 11.6 Å². The standard InChI is InChI=1S/C23H16F5N5O/c24-14-7-13(32-6-5-18(31-32)23(26,27)28)8-15(25)20(14)21-19(11-1-2-11)22(34)33(21)12-3-4-16-17(9-12)30-10-29-16/h3-11,19,21H,1-2H2,(H,29,30)/t19?,21-/m0/s1. The highest BCUT2D eigenvalue weighted by Gasteiger charge is 2.56. The molecule has 2 aromatic heterocycles. The van der Waals surface area contributed by atoms with Crippen LogP contribution in [0.2, 0.25) is 0 Å². The molecule has 1 amide bonds. The summed E-state index contributed by atoms with van der Waals surface area (Å²) in [6, 6.07) is 6.82. The van der Waals surface area contributed by atoms with E-state index in [1.54, 1.807) is 18.2 Å². The number of H-pyrrole nitrogens is 1. The van der Waals surface area contributed by atoms with E-state index in [-0.39, 0.29) is 23.1 Å². The quantitative estimate of drug-likeness (QED) is 0.329. The number of amides is 1. The zero-order chi connectivity index (χ0) is 23.8. The Bertz CT molecular complexity index is 1410. The molecule has 6 nitrogen and oxygen atoms in total. The van der Waals surface area contributed by atoms with Crippen LogP contribution in [-0.2, 0) is 11.0 Å². The Labute approximate surface area is 189 Å². The van der Waals surface area contributed by atoms with Crippen LogP contribution in [0, 0.1) is 23.5 Å². The second kappa shape index (κ2) is 7.12. The second-order valence-electron chi connectivity index (χ2n) is 8.59. The molecule has 11 heteroatoms. The van der Waals surface area contributed by atoms with Crippen LogP contribution in [0.15, 0.2) is 48.9 Å². The number of β-lactam (4-membered cyclic amide) rings is 1. The van der Waals surface area contributed by atoms with E-state index >= 15 is 8.78 Å². The largest absolute Gasteiger partial charge is 0.435 e. The third kappa shape index (κ3) is 3.17. The van der Waals surface area contributed by atoms with E-state index < -0.39 is 35.5 Å². The van der Waals surface area contributed by atoms with Gasteiger partial charge in [-0.2, -0.15) is 18.3 Å². The molecule has 2 atom stereocenters. The maximum Gasteiger partial charge on any atom is 0.435 e. The third-order valence-electron chi connectivity index (χ3n) is 6.46. The minimum absolute atomic E-state index is 0.0433. The van der Waals surface area contributed by atoms with Gasteiger partial charge in [0.25, 0.3) is 0 Å². The molecule has 6 rings (SSSR count). The molecule has 0 spiro atoms. The van der Waals surface area contributed by atoms with Crippen molar-refractivity contribution in [3.05, 3.63) is 71.8 Å². The van der Waals surface area contributed by atoms with E-state index in [0.29, 0.717) is 11.2 Å². The van der Waals surface area contributed by atoms with Crippen LogP contribution < -0.4 is 4.90 Å². The van der Waals surface area contributed by atoms with Gasteiger partial charge in [0.05, 0.1) is 35.0 Å². The molecule has 0 bridgehead atoms. The van der Waals surface area contributed by atoms with E-state index in [0.717, 1.165) is 47.4 Å². The van der Waals surface area contributed by atoms with E-state index in [1.807, 2.05) is 0 Å². The molecule has 2 aromatic carbocycles. The lowest BCUT2D eigenvalue weighted by Crippen LogP contribution is -2.56. The third-order valence-corrected chi connectivity index (χ3v) is 6.46. The Morgan fingerprint density at radius 2 is 1.74 bits per heavy atom. The Balaban J connectivity index is 1.41. The highest BCUT2D eigenvalue weighted by molar-refractivity contribution is 6.04. The number of nitrogens with one attached hydrogen (secondary N) is 1. The first-order valence-corrected chi connectivity index (χ1v) is 10.6. The summed E-state index contributed by atoms with van der Waals surface area (Å²) >= 11 is 0. The fourth-order valence-electron chi connectivity index (χ4n) is 4.70. The van der Waals surface area contributed by atoms with Crippen LogP contribution in [0.25, 0.3) is 16.7 Å². The van der Waals surface area contributed by atoms with Crippen molar-refractivity contribution in [2.45, 2.75) is 25.1 Å². The zero-order valence-corrected chi connectivity index (χ0v) is 17.4. The topological polar surface area (TPSA) is 66.8 Å². The van der Waals surface area contributed by atoms with Gasteiger partial charge in [0, 0.05) is 29.6 Å². The van der Waals surface area contributed by atoms with Gasteiger partial charge >= 0.3 is 6.18 Å². The fourth-order valence-corrected chi connectivity index (χ4v) is 4.70. The maximum absolute atomic E-state index is 15.3. The second-order valence-corrected chi connectivity index (χ2v) is 8.59. The number of rotatable bonds is 4. The van der Waals surface area contributed by atoms with Crippen molar-refractivity contribution >= 4 is 22.6 Å². The van der Waals surface area contributed by atoms with Gasteiger partial charge < -0.3 is 9.88 Å². The number of carbonyl (C=O) groups excluding carboxylic acids is 1. The van der Waals surface area contributed by atoms with Gasteiger partial charge in [0.2, 0.25) is 5.91 Å². The monoisotopic (exact) mass is 473 g/mol. The molecule has 3 heterocycles. The molecule has 0 radical (unpaired) electrons. The lowest BCUT2D eigenvalue weighted by molar-refractivity contribution is -0.141. The average Bonchev–Trinajstić information content (AvgIpc) is 3.26. The molecular weight excluding hydrogens is 457 g/mol. The van der Waals surface area contributed by atoms with E-state index in [2.05, 4.69) is 15.1 Å². The van der Waals surface area contributed by atoms with Crippen molar-refractivity contribution in [1.82, 2.24) is 19.7 Å². The maximum atomic E-state index is 15.3. The van der Waals surface area contributed by atoms with Crippen LogP contribution in [0.1, 0.15) is 30.1 Å². The minimum atomic E-state index is -4.68. The molecule has 34 heavy (non-hydrogen) atoms. The van der Waals surface area contributed by atoms with Crippen LogP contribution in [0.3, 0.4) is 0 Å². The van der Waals surface area contributed by atoms with E-state index in [9.17, 15) is 18.0 Å². The average molecular weight is 473 g/mol. The Morgan fingerprint density at radius 3 is 2.38 bits per heavy atom. The first kappa shape index (κ1) is 20.8. The molecule has 174 valence electrons. The molecule has 1 unspecified atom stereocenters. The van der Waals surface area contributed by atoms with Crippen LogP contribution >= 0.6 is 0 Å². The van der Waals surface area contributed by atoms with E-state index in [1.165, 1.54) is 11.2 Å². The van der Waals surface area contributed by atoms with Crippen LogP contribution in [0.4, 0.5) is 27.6 Å². The number of fused-ring (bicyclic) bond motifs is 1. The zero-order valence-electron chi connectivity index (χ0n) is 17.4. The summed E-state index contributed by atoms with van der Waals surface area (Å²) in [6.45, 7) is 0. The van der Waals surface area contributed by atoms with Gasteiger partial charge in [0.15, 0.2) is 5.69 Å². The number of halogens is 5. The van der Waals surface area contributed by atoms with Crippen molar-refractivity contribution in [3.63, 3.8) is 0 Å². The van der Waals surface area contributed by atoms with Crippen molar-refractivity contribution in [3.8, 4) is 5.69 Å². The lowest BCUT2D eigenvalue weighted by atomic mass is 9.78. The van der Waals surface area contributed by atoms with Gasteiger partial charge in [-0.05, 0) is 43.0 Å². The smallest absolute Gasteiger partial charge is 0.345 e. The Morgan fingerprint density at radius 1 is 1.00 bits per heavy atom. The molecule has 1 N–H and O–H groups in total. The van der Waals surface area contributed by atoms with Gasteiger partial charge in [-0.15, -0.1) is 0 Å². The molecule has 1 saturated heterocycles. The number of hydrogen-bond acceptors (Lipinski definition) is 3. The summed E-state index contributed by atoms with van der Waals surface area (Å²) in [5.74, 6) is -2.64. The van der Waals surface area contributed by atoms with E-state index in [4.69, 9.17) is 0 Å². The summed E-state index contributed by atoms with van der Waals surface area (Å²) in [7, 11) is 0. The molecular formula is C23H16F5N5O. The number of carbonyl (C=O) groups is 1. The number of anilines is 1. The van der Waals surface area contributed by atoms with Crippen LogP contribution in [-0.4, -0.2) is 25.7 Å². The number of aromatic nitrogens is 4. The summed E-state index contributed by atoms with van der Waals surface area (Å²) < 4.78 is 70.0. The van der Waals surface area contributed by atoms with Gasteiger partial charge in [-0.1, -0.05) is 0 Å². The fraction of sp³-hybridized carbons (Fsp3) is 0.261. The first-order valence-electron chi connectivity index (χ1n) is 10.6. The van der Waals surface area contributed by atoms with Crippen LogP contribution in [0.5, 0.6) is 0 Å². The Hall–Kier alpha value is -3.76. The number of imidazole rings is 1. The molecule has 1 aliphatic carbocycles. The minimum Gasteiger partial charge on any atom is -0.345 e. The number of hydrogen-bond donors (Lipinski definition) is 1. The highest BCUT2D eigenvalue weighted by Crippen LogP contribution is 2.55. The molecule has 2 fully saturated rings. The van der Waals surface area contributed by atoms with Crippen molar-refractivity contribution < 1.29 is 26.7 Å². The highest BCUT2D eigenvalue weighted by atomic mass is 19.4. The normalized spacial score (nSPS) is 20.7. The summed E-state index contributed by atoms with van der Waals surface area (Å²) in [6.07, 6.45) is -0.583. The summed E-state index contributed by atoms with van der Waals surface area (Å²) in [5, 5.41) is 3.38. The van der Waals surface area contributed by atoms with Crippen molar-refractivity contribution in [2.24, 2.45) is 11.8 Å². The SMILES string of the molecule is O=C1C(C2CC2)[C@@H](c2c(F)cc(-n3ccc(C(F)(F)F)n3)cc2F)N1c1ccc2[nH]cnc2c1. The molecule has 1 saturated carbocycles. The van der Waals surface area contributed by atoms with Gasteiger partial charge in [-0.25, -0.2) is 18.4 Å². The lowest BCUT2D eigenvalue weighted by Gasteiger charge is -2.48. The van der Waals surface area contributed by atoms with Gasteiger partial charge in [-0.3, -0.25) is 4.79 Å². The summed E-state index contributed by atoms with van der Waals surface area (Å²) in [4.78, 5) is 21.5. The number of aromatic amines is 1. The molecule has 4 aromatic rings. The molecule has 2 aliphatic rings. The van der Waals surface area contributed by atoms with Crippen molar-refractivity contribution in [2.75, 3.05) is 4.90 Å². The predicted octanol–water partition coefficient (Wildman–Crippen LogP) is 5.16. The Kier molecular flexibility index (Phi) is 4.36. The number of alkyl halides is 3. The number of benzene rings is 2. The predicted molar refractivity (Wildman–Crippen MR) is 111 cm³/mol. The van der Waals surface area contributed by atoms with Crippen molar-refractivity contribution in [1.29, 1.82) is 0 Å². The molecule has 1 aliphatic heterocycles. The summed E-state index contributed by atoms with van der Waals surface area (Å²) in [5.41, 5.74) is 0.186. The number of nitrogens with zero attached hydrogens (tertiary/aromatic N) is 4.